The van der Waals surface area contributed by atoms with Crippen LogP contribution >= 0.6 is 0 Å². The number of ether oxygens (including phenoxy) is 2. The summed E-state index contributed by atoms with van der Waals surface area (Å²) in [7, 11) is 3.22. The third-order valence-electron chi connectivity index (χ3n) is 2.45. The van der Waals surface area contributed by atoms with Gasteiger partial charge in [-0.1, -0.05) is 0 Å². The van der Waals surface area contributed by atoms with Crippen LogP contribution in [0.1, 0.15) is 20.3 Å². The first kappa shape index (κ1) is 13.6. The molecule has 0 saturated carbocycles. The van der Waals surface area contributed by atoms with Crippen molar-refractivity contribution < 1.29 is 14.6 Å². The second-order valence-corrected chi connectivity index (χ2v) is 4.56. The molecule has 0 bridgehead atoms. The molecule has 2 N–H and O–H groups in total. The molecule has 0 heterocycles. The fourth-order valence-corrected chi connectivity index (χ4v) is 1.46. The van der Waals surface area contributed by atoms with E-state index in [9.17, 15) is 5.11 Å². The first-order chi connectivity index (χ1) is 7.96. The summed E-state index contributed by atoms with van der Waals surface area (Å²) in [5, 5.41) is 12.8. The number of aliphatic hydroxyl groups is 1. The molecule has 0 fully saturated rings. The molecule has 96 valence electrons. The molecule has 0 atom stereocenters. The summed E-state index contributed by atoms with van der Waals surface area (Å²) >= 11 is 0. The fraction of sp³-hybridized carbons (Fsp3) is 0.538. The maximum atomic E-state index is 9.59. The molecular formula is C13H21NO3. The Labute approximate surface area is 103 Å². The SMILES string of the molecule is COc1ccc(NCCC(C)(C)O)cc1OC. The van der Waals surface area contributed by atoms with Crippen molar-refractivity contribution in [2.45, 2.75) is 25.9 Å². The maximum absolute atomic E-state index is 9.59. The minimum Gasteiger partial charge on any atom is -0.493 e. The Morgan fingerprint density at radius 2 is 1.82 bits per heavy atom. The Balaban J connectivity index is 2.60. The van der Waals surface area contributed by atoms with E-state index in [-0.39, 0.29) is 0 Å². The van der Waals surface area contributed by atoms with E-state index in [0.29, 0.717) is 24.5 Å². The van der Waals surface area contributed by atoms with Crippen LogP contribution < -0.4 is 14.8 Å². The van der Waals surface area contributed by atoms with Crippen molar-refractivity contribution in [2.75, 3.05) is 26.1 Å². The number of hydrogen-bond donors (Lipinski definition) is 2. The maximum Gasteiger partial charge on any atom is 0.162 e. The lowest BCUT2D eigenvalue weighted by Crippen LogP contribution is -2.22. The average molecular weight is 239 g/mol. The second kappa shape index (κ2) is 5.77. The second-order valence-electron chi connectivity index (χ2n) is 4.56. The van der Waals surface area contributed by atoms with Crippen molar-refractivity contribution in [1.29, 1.82) is 0 Å². The van der Waals surface area contributed by atoms with Gasteiger partial charge in [0.05, 0.1) is 19.8 Å². The molecule has 1 aromatic carbocycles. The van der Waals surface area contributed by atoms with E-state index >= 15 is 0 Å². The van der Waals surface area contributed by atoms with Crippen LogP contribution in [0.15, 0.2) is 18.2 Å². The van der Waals surface area contributed by atoms with Crippen LogP contribution in [0.4, 0.5) is 5.69 Å². The number of hydrogen-bond acceptors (Lipinski definition) is 4. The highest BCUT2D eigenvalue weighted by Gasteiger charge is 2.11. The van der Waals surface area contributed by atoms with E-state index in [1.807, 2.05) is 18.2 Å². The van der Waals surface area contributed by atoms with Gasteiger partial charge in [0.2, 0.25) is 0 Å². The summed E-state index contributed by atoms with van der Waals surface area (Å²) in [4.78, 5) is 0. The summed E-state index contributed by atoms with van der Waals surface area (Å²) in [6.45, 7) is 4.30. The number of rotatable bonds is 6. The summed E-state index contributed by atoms with van der Waals surface area (Å²) in [5.74, 6) is 1.40. The molecule has 4 nitrogen and oxygen atoms in total. The van der Waals surface area contributed by atoms with Crippen LogP contribution in [0.5, 0.6) is 11.5 Å². The fourth-order valence-electron chi connectivity index (χ4n) is 1.46. The molecule has 0 amide bonds. The highest BCUT2D eigenvalue weighted by atomic mass is 16.5. The van der Waals surface area contributed by atoms with E-state index in [2.05, 4.69) is 5.32 Å². The van der Waals surface area contributed by atoms with Gasteiger partial charge in [-0.3, -0.25) is 0 Å². The normalized spacial score (nSPS) is 11.1. The van der Waals surface area contributed by atoms with Crippen molar-refractivity contribution in [1.82, 2.24) is 0 Å². The molecule has 0 aliphatic heterocycles. The molecule has 4 heteroatoms. The third kappa shape index (κ3) is 4.53. The third-order valence-corrected chi connectivity index (χ3v) is 2.45. The van der Waals surface area contributed by atoms with E-state index in [4.69, 9.17) is 9.47 Å². The molecule has 17 heavy (non-hydrogen) atoms. The van der Waals surface area contributed by atoms with Crippen LogP contribution in [0.2, 0.25) is 0 Å². The smallest absolute Gasteiger partial charge is 0.162 e. The molecule has 0 spiro atoms. The first-order valence-corrected chi connectivity index (χ1v) is 5.64. The van der Waals surface area contributed by atoms with Gasteiger partial charge in [-0.25, -0.2) is 0 Å². The molecule has 0 unspecified atom stereocenters. The molecule has 0 aliphatic rings. The zero-order valence-corrected chi connectivity index (χ0v) is 10.9. The van der Waals surface area contributed by atoms with Gasteiger partial charge in [0.15, 0.2) is 11.5 Å². The van der Waals surface area contributed by atoms with Crippen LogP contribution in [-0.4, -0.2) is 31.5 Å². The Bertz CT molecular complexity index is 358. The number of methoxy groups -OCH3 is 2. The predicted molar refractivity (Wildman–Crippen MR) is 69.0 cm³/mol. The van der Waals surface area contributed by atoms with Crippen molar-refractivity contribution in [3.63, 3.8) is 0 Å². The van der Waals surface area contributed by atoms with Crippen LogP contribution in [0, 0.1) is 0 Å². The summed E-state index contributed by atoms with van der Waals surface area (Å²) < 4.78 is 10.4. The molecule has 0 aromatic heterocycles. The summed E-state index contributed by atoms with van der Waals surface area (Å²) in [6, 6.07) is 5.65. The van der Waals surface area contributed by atoms with E-state index in [1.165, 1.54) is 0 Å². The van der Waals surface area contributed by atoms with Gasteiger partial charge in [-0.2, -0.15) is 0 Å². The van der Waals surface area contributed by atoms with Gasteiger partial charge >= 0.3 is 0 Å². The minimum absolute atomic E-state index is 0.649. The van der Waals surface area contributed by atoms with Gasteiger partial charge in [0, 0.05) is 18.3 Å². The number of benzene rings is 1. The van der Waals surface area contributed by atoms with Gasteiger partial charge in [-0.05, 0) is 32.4 Å². The zero-order chi connectivity index (χ0) is 12.9. The Kier molecular flexibility index (Phi) is 4.63. The topological polar surface area (TPSA) is 50.7 Å². The quantitative estimate of drug-likeness (QED) is 0.799. The van der Waals surface area contributed by atoms with Crippen molar-refractivity contribution in [3.8, 4) is 11.5 Å². The highest BCUT2D eigenvalue weighted by Crippen LogP contribution is 2.29. The van der Waals surface area contributed by atoms with Gasteiger partial charge in [-0.15, -0.1) is 0 Å². The van der Waals surface area contributed by atoms with E-state index < -0.39 is 5.60 Å². The average Bonchev–Trinajstić information content (AvgIpc) is 2.27. The van der Waals surface area contributed by atoms with Gasteiger partial charge in [0.25, 0.3) is 0 Å². The molecular weight excluding hydrogens is 218 g/mol. The first-order valence-electron chi connectivity index (χ1n) is 5.64. The standard InChI is InChI=1S/C13H21NO3/c1-13(2,15)7-8-14-10-5-6-11(16-3)12(9-10)17-4/h5-6,9,14-15H,7-8H2,1-4H3. The Morgan fingerprint density at radius 3 is 2.35 bits per heavy atom. The largest absolute Gasteiger partial charge is 0.493 e. The Morgan fingerprint density at radius 1 is 1.18 bits per heavy atom. The van der Waals surface area contributed by atoms with Crippen molar-refractivity contribution >= 4 is 5.69 Å². The molecule has 1 aromatic rings. The number of nitrogens with one attached hydrogen (secondary N) is 1. The van der Waals surface area contributed by atoms with Crippen molar-refractivity contribution in [3.05, 3.63) is 18.2 Å². The lowest BCUT2D eigenvalue weighted by Gasteiger charge is -2.18. The lowest BCUT2D eigenvalue weighted by atomic mass is 10.1. The summed E-state index contributed by atoms with van der Waals surface area (Å²) in [6.07, 6.45) is 0.682. The molecule has 0 aliphatic carbocycles. The van der Waals surface area contributed by atoms with E-state index in [0.717, 1.165) is 5.69 Å². The summed E-state index contributed by atoms with van der Waals surface area (Å²) in [5.41, 5.74) is 0.302. The lowest BCUT2D eigenvalue weighted by molar-refractivity contribution is 0.0749. The van der Waals surface area contributed by atoms with Crippen molar-refractivity contribution in [2.24, 2.45) is 0 Å². The number of anilines is 1. The minimum atomic E-state index is -0.649. The highest BCUT2D eigenvalue weighted by molar-refractivity contribution is 5.54. The van der Waals surface area contributed by atoms with E-state index in [1.54, 1.807) is 28.1 Å². The predicted octanol–water partition coefficient (Wildman–Crippen LogP) is 2.28. The molecule has 0 radical (unpaired) electrons. The van der Waals surface area contributed by atoms with Gasteiger partial charge in [0.1, 0.15) is 0 Å². The monoisotopic (exact) mass is 239 g/mol. The van der Waals surface area contributed by atoms with Gasteiger partial charge < -0.3 is 19.9 Å². The van der Waals surface area contributed by atoms with Crippen LogP contribution in [0.3, 0.4) is 0 Å². The van der Waals surface area contributed by atoms with Crippen LogP contribution in [-0.2, 0) is 0 Å². The molecule has 1 rings (SSSR count). The Hall–Kier alpha value is -1.42. The zero-order valence-electron chi connectivity index (χ0n) is 10.9. The van der Waals surface area contributed by atoms with Crippen LogP contribution in [0.25, 0.3) is 0 Å². The molecule has 0 saturated heterocycles.